The van der Waals surface area contributed by atoms with Crippen molar-refractivity contribution in [1.82, 2.24) is 0 Å². The van der Waals surface area contributed by atoms with Gasteiger partial charge in [-0.1, -0.05) is 30.3 Å². The molecule has 25 heavy (non-hydrogen) atoms. The molecule has 0 spiro atoms. The lowest BCUT2D eigenvalue weighted by atomic mass is 10.0. The first-order chi connectivity index (χ1) is 12.2. The number of fused-ring (bicyclic) bond motifs is 1. The fourth-order valence-electron chi connectivity index (χ4n) is 3.51. The van der Waals surface area contributed by atoms with E-state index in [0.717, 1.165) is 34.7 Å². The molecule has 132 valence electrons. The fourth-order valence-corrected chi connectivity index (χ4v) is 3.51. The Morgan fingerprint density at radius 1 is 1.08 bits per heavy atom. The number of quaternary nitrogens is 1. The van der Waals surface area contributed by atoms with Crippen molar-refractivity contribution >= 4 is 22.8 Å². The monoisotopic (exact) mass is 339 g/mol. The van der Waals surface area contributed by atoms with E-state index in [1.165, 1.54) is 38.8 Å². The van der Waals surface area contributed by atoms with Crippen molar-refractivity contribution in [2.24, 2.45) is 0 Å². The average molecular weight is 339 g/mol. The van der Waals surface area contributed by atoms with Gasteiger partial charge in [0.15, 0.2) is 0 Å². The molecule has 1 saturated heterocycles. The summed E-state index contributed by atoms with van der Waals surface area (Å²) in [5.41, 5.74) is 0.799. The van der Waals surface area contributed by atoms with Gasteiger partial charge in [-0.15, -0.1) is 0 Å². The molecule has 0 unspecified atom stereocenters. The van der Waals surface area contributed by atoms with Crippen LogP contribution in [0.5, 0.6) is 5.75 Å². The Kier molecular flexibility index (Phi) is 6.07. The molecule has 1 fully saturated rings. The molecule has 0 saturated carbocycles. The Labute approximate surface area is 148 Å². The van der Waals surface area contributed by atoms with Crippen LogP contribution in [0, 0.1) is 0 Å². The second-order valence-corrected chi connectivity index (χ2v) is 6.61. The van der Waals surface area contributed by atoms with Gasteiger partial charge in [0.1, 0.15) is 18.9 Å². The van der Waals surface area contributed by atoms with Crippen LogP contribution in [0.25, 0.3) is 16.8 Å². The number of ether oxygens (including phenoxy) is 1. The van der Waals surface area contributed by atoms with Crippen LogP contribution in [0.2, 0.25) is 0 Å². The molecular weight excluding hydrogens is 314 g/mol. The molecule has 0 aliphatic carbocycles. The zero-order valence-electron chi connectivity index (χ0n) is 14.5. The lowest BCUT2D eigenvalue weighted by Gasteiger charge is -2.18. The van der Waals surface area contributed by atoms with E-state index in [9.17, 15) is 9.90 Å². The van der Waals surface area contributed by atoms with Gasteiger partial charge in [-0.3, -0.25) is 0 Å². The minimum Gasteiger partial charge on any atom is -0.545 e. The Bertz CT molecular complexity index is 746. The highest BCUT2D eigenvalue weighted by molar-refractivity contribution is 5.96. The SMILES string of the molecule is O=C([O-])/C=C/c1c(OCC[NH+]2CCCCCC2)ccc2ccccc12. The molecule has 0 bridgehead atoms. The molecule has 0 atom stereocenters. The van der Waals surface area contributed by atoms with E-state index >= 15 is 0 Å². The topological polar surface area (TPSA) is 53.8 Å². The lowest BCUT2D eigenvalue weighted by molar-refractivity contribution is -0.899. The average Bonchev–Trinajstić information content (AvgIpc) is 2.89. The maximum Gasteiger partial charge on any atom is 0.137 e. The van der Waals surface area contributed by atoms with Crippen LogP contribution < -0.4 is 14.7 Å². The predicted molar refractivity (Wildman–Crippen MR) is 97.5 cm³/mol. The van der Waals surface area contributed by atoms with Gasteiger partial charge in [-0.25, -0.2) is 0 Å². The molecule has 2 aromatic carbocycles. The molecule has 1 aliphatic heterocycles. The minimum absolute atomic E-state index is 0.639. The highest BCUT2D eigenvalue weighted by atomic mass is 16.5. The number of carbonyl (C=O) groups is 1. The normalized spacial score (nSPS) is 16.2. The van der Waals surface area contributed by atoms with Crippen molar-refractivity contribution in [1.29, 1.82) is 0 Å². The molecule has 4 nitrogen and oxygen atoms in total. The number of benzene rings is 2. The number of nitrogens with one attached hydrogen (secondary N) is 1. The number of carboxylic acids is 1. The Balaban J connectivity index is 1.75. The Morgan fingerprint density at radius 2 is 1.84 bits per heavy atom. The summed E-state index contributed by atoms with van der Waals surface area (Å²) >= 11 is 0. The first-order valence-corrected chi connectivity index (χ1v) is 9.11. The van der Waals surface area contributed by atoms with Gasteiger partial charge in [0.25, 0.3) is 0 Å². The van der Waals surface area contributed by atoms with Crippen molar-refractivity contribution in [3.8, 4) is 5.75 Å². The maximum absolute atomic E-state index is 10.8. The third kappa shape index (κ3) is 4.83. The Morgan fingerprint density at radius 3 is 2.60 bits per heavy atom. The van der Waals surface area contributed by atoms with Gasteiger partial charge in [-0.05, 0) is 54.7 Å². The molecule has 4 heteroatoms. The van der Waals surface area contributed by atoms with E-state index in [2.05, 4.69) is 0 Å². The van der Waals surface area contributed by atoms with Gasteiger partial charge in [0, 0.05) is 5.56 Å². The van der Waals surface area contributed by atoms with Crippen molar-refractivity contribution in [3.05, 3.63) is 48.0 Å². The van der Waals surface area contributed by atoms with Gasteiger partial charge >= 0.3 is 0 Å². The first kappa shape index (κ1) is 17.5. The van der Waals surface area contributed by atoms with Gasteiger partial charge in [0.2, 0.25) is 0 Å². The van der Waals surface area contributed by atoms with E-state index in [0.29, 0.717) is 6.61 Å². The number of aliphatic carboxylic acids is 1. The smallest absolute Gasteiger partial charge is 0.137 e. The molecule has 3 rings (SSSR count). The van der Waals surface area contributed by atoms with E-state index in [1.54, 1.807) is 11.0 Å². The number of likely N-dealkylation sites (tertiary alicyclic amines) is 1. The quantitative estimate of drug-likeness (QED) is 0.811. The van der Waals surface area contributed by atoms with E-state index in [4.69, 9.17) is 4.74 Å². The van der Waals surface area contributed by atoms with E-state index in [1.807, 2.05) is 36.4 Å². The van der Waals surface area contributed by atoms with Crippen LogP contribution in [0.15, 0.2) is 42.5 Å². The zero-order valence-corrected chi connectivity index (χ0v) is 14.5. The molecule has 0 aromatic heterocycles. The summed E-state index contributed by atoms with van der Waals surface area (Å²) in [4.78, 5) is 12.4. The summed E-state index contributed by atoms with van der Waals surface area (Å²) in [6.07, 6.45) is 7.91. The highest BCUT2D eigenvalue weighted by Crippen LogP contribution is 2.29. The van der Waals surface area contributed by atoms with Crippen molar-refractivity contribution in [2.45, 2.75) is 25.7 Å². The molecule has 0 radical (unpaired) electrons. The van der Waals surface area contributed by atoms with Crippen LogP contribution >= 0.6 is 0 Å². The van der Waals surface area contributed by atoms with Crippen LogP contribution in [0.4, 0.5) is 0 Å². The van der Waals surface area contributed by atoms with E-state index < -0.39 is 5.97 Å². The molecule has 1 aliphatic rings. The first-order valence-electron chi connectivity index (χ1n) is 9.11. The van der Waals surface area contributed by atoms with E-state index in [-0.39, 0.29) is 0 Å². The van der Waals surface area contributed by atoms with Crippen molar-refractivity contribution in [2.75, 3.05) is 26.2 Å². The van der Waals surface area contributed by atoms with Gasteiger partial charge in [-0.2, -0.15) is 0 Å². The highest BCUT2D eigenvalue weighted by Gasteiger charge is 2.13. The molecule has 1 heterocycles. The van der Waals surface area contributed by atoms with Crippen molar-refractivity contribution in [3.63, 3.8) is 0 Å². The zero-order chi connectivity index (χ0) is 17.5. The minimum atomic E-state index is -1.20. The molecule has 2 aromatic rings. The fraction of sp³-hybridized carbons (Fsp3) is 0.381. The molecule has 0 amide bonds. The summed E-state index contributed by atoms with van der Waals surface area (Å²) in [6.45, 7) is 4.06. The van der Waals surface area contributed by atoms with Gasteiger partial charge < -0.3 is 19.5 Å². The summed E-state index contributed by atoms with van der Waals surface area (Å²) in [6, 6.07) is 11.9. The number of rotatable bonds is 6. The van der Waals surface area contributed by atoms with Gasteiger partial charge in [0.05, 0.1) is 19.1 Å². The third-order valence-electron chi connectivity index (χ3n) is 4.84. The van der Waals surface area contributed by atoms with Crippen LogP contribution in [0.3, 0.4) is 0 Å². The van der Waals surface area contributed by atoms with Crippen LogP contribution in [-0.2, 0) is 4.79 Å². The second-order valence-electron chi connectivity index (χ2n) is 6.61. The summed E-state index contributed by atoms with van der Waals surface area (Å²) in [5.74, 6) is -0.474. The summed E-state index contributed by atoms with van der Waals surface area (Å²) in [5, 5.41) is 12.9. The number of hydrogen-bond donors (Lipinski definition) is 1. The number of carboxylic acid groups (broad SMARTS) is 1. The summed E-state index contributed by atoms with van der Waals surface area (Å²) < 4.78 is 6.04. The standard InChI is InChI=1S/C21H25NO3/c23-21(24)12-10-19-18-8-4-3-7-17(18)9-11-20(19)25-16-15-22-13-5-1-2-6-14-22/h3-4,7-12H,1-2,5-6,13-16H2,(H,23,24)/b12-10+. The predicted octanol–water partition coefficient (Wildman–Crippen LogP) is 1.44. The lowest BCUT2D eigenvalue weighted by Crippen LogP contribution is -3.12. The number of hydrogen-bond acceptors (Lipinski definition) is 3. The van der Waals surface area contributed by atoms with Crippen molar-refractivity contribution < 1.29 is 19.5 Å². The van der Waals surface area contributed by atoms with Crippen LogP contribution in [0.1, 0.15) is 31.2 Å². The second kappa shape index (κ2) is 8.67. The molecule has 1 N–H and O–H groups in total. The van der Waals surface area contributed by atoms with Crippen LogP contribution in [-0.4, -0.2) is 32.2 Å². The molecular formula is C21H25NO3. The number of carbonyl (C=O) groups excluding carboxylic acids is 1. The Hall–Kier alpha value is -2.33. The third-order valence-corrected chi connectivity index (χ3v) is 4.84. The summed E-state index contributed by atoms with van der Waals surface area (Å²) in [7, 11) is 0. The maximum atomic E-state index is 10.8. The largest absolute Gasteiger partial charge is 0.545 e.